The van der Waals surface area contributed by atoms with Gasteiger partial charge < -0.3 is 15.3 Å². The lowest BCUT2D eigenvalue weighted by atomic mass is 10.1. The Hall–Kier alpha value is -1.06. The van der Waals surface area contributed by atoms with Crippen LogP contribution in [0.3, 0.4) is 0 Å². The molecule has 0 aliphatic heterocycles. The fraction of sp³-hybridized carbons (Fsp3) is 0.429. The molecule has 1 atom stereocenters. The summed E-state index contributed by atoms with van der Waals surface area (Å²) in [6, 6.07) is 4.40. The average molecular weight is 284 g/mol. The average Bonchev–Trinajstić information content (AvgIpc) is 2.41. The van der Waals surface area contributed by atoms with Gasteiger partial charge in [0.2, 0.25) is 0 Å². The zero-order valence-electron chi connectivity index (χ0n) is 10.5. The van der Waals surface area contributed by atoms with Crippen molar-refractivity contribution in [3.05, 3.63) is 35.1 Å². The molecule has 1 unspecified atom stereocenters. The number of thioether (sulfide) groups is 1. The molecule has 0 saturated heterocycles. The third-order valence-corrected chi connectivity index (χ3v) is 3.45. The van der Waals surface area contributed by atoms with Crippen LogP contribution in [0.15, 0.2) is 18.2 Å². The predicted molar refractivity (Wildman–Crippen MR) is 74.2 cm³/mol. The monoisotopic (exact) mass is 284 g/mol. The molecule has 0 amide bonds. The second kappa shape index (κ2) is 8.94. The van der Waals surface area contributed by atoms with Crippen LogP contribution < -0.4 is 0 Å². The molecule has 1 aromatic rings. The van der Waals surface area contributed by atoms with Gasteiger partial charge in [-0.3, -0.25) is 0 Å². The van der Waals surface area contributed by atoms with Crippen LogP contribution in [0, 0.1) is 17.7 Å². The van der Waals surface area contributed by atoms with Crippen LogP contribution in [-0.4, -0.2) is 40.4 Å². The van der Waals surface area contributed by atoms with Crippen LogP contribution in [0.2, 0.25) is 0 Å². The van der Waals surface area contributed by atoms with Crippen molar-refractivity contribution in [2.45, 2.75) is 18.3 Å². The molecular weight excluding hydrogens is 267 g/mol. The van der Waals surface area contributed by atoms with Gasteiger partial charge in [-0.1, -0.05) is 17.9 Å². The first-order valence-corrected chi connectivity index (χ1v) is 7.07. The summed E-state index contributed by atoms with van der Waals surface area (Å²) in [5, 5.41) is 26.6. The largest absolute Gasteiger partial charge is 0.395 e. The Morgan fingerprint density at radius 1 is 1.32 bits per heavy atom. The number of aliphatic hydroxyl groups is 3. The summed E-state index contributed by atoms with van der Waals surface area (Å²) in [4.78, 5) is 0. The quantitative estimate of drug-likeness (QED) is 0.686. The van der Waals surface area contributed by atoms with Crippen molar-refractivity contribution in [1.82, 2.24) is 0 Å². The fourth-order valence-corrected chi connectivity index (χ4v) is 2.33. The predicted octanol–water partition coefficient (Wildman–Crippen LogP) is 1.15. The number of hydrogen-bond donors (Lipinski definition) is 3. The van der Waals surface area contributed by atoms with E-state index in [-0.39, 0.29) is 19.0 Å². The molecule has 0 aliphatic carbocycles. The van der Waals surface area contributed by atoms with Gasteiger partial charge in [0.05, 0.1) is 19.3 Å². The summed E-state index contributed by atoms with van der Waals surface area (Å²) in [7, 11) is 0. The van der Waals surface area contributed by atoms with Gasteiger partial charge in [0, 0.05) is 23.5 Å². The summed E-state index contributed by atoms with van der Waals surface area (Å²) in [5.74, 6) is 6.24. The lowest BCUT2D eigenvalue weighted by Gasteiger charge is -2.08. The highest BCUT2D eigenvalue weighted by Gasteiger charge is 2.05. The van der Waals surface area contributed by atoms with Crippen LogP contribution >= 0.6 is 11.8 Å². The summed E-state index contributed by atoms with van der Waals surface area (Å²) >= 11 is 1.45. The van der Waals surface area contributed by atoms with Gasteiger partial charge >= 0.3 is 0 Å². The van der Waals surface area contributed by atoms with Crippen LogP contribution in [0.5, 0.6) is 0 Å². The maximum Gasteiger partial charge on any atom is 0.124 e. The molecule has 0 aliphatic rings. The number of aliphatic hydroxyl groups excluding tert-OH is 3. The van der Waals surface area contributed by atoms with E-state index in [2.05, 4.69) is 11.8 Å². The second-order valence-corrected chi connectivity index (χ2v) is 4.96. The van der Waals surface area contributed by atoms with Crippen molar-refractivity contribution in [1.29, 1.82) is 0 Å². The van der Waals surface area contributed by atoms with Gasteiger partial charge in [0.1, 0.15) is 5.82 Å². The normalized spacial score (nSPS) is 11.8. The SMILES string of the molecule is OCCC#Cc1cc(F)ccc1CSCC(O)CO. The minimum absolute atomic E-state index is 0.0188. The molecule has 104 valence electrons. The summed E-state index contributed by atoms with van der Waals surface area (Å²) < 4.78 is 13.2. The standard InChI is InChI=1S/C14H17FO3S/c15-13-5-4-12(9-19-10-14(18)8-17)11(7-13)3-1-2-6-16/h4-5,7,14,16-18H,2,6,8-10H2. The summed E-state index contributed by atoms with van der Waals surface area (Å²) in [5.41, 5.74) is 1.47. The molecule has 0 saturated carbocycles. The number of hydrogen-bond acceptors (Lipinski definition) is 4. The smallest absolute Gasteiger partial charge is 0.124 e. The van der Waals surface area contributed by atoms with Crippen LogP contribution in [0.25, 0.3) is 0 Å². The van der Waals surface area contributed by atoms with E-state index in [1.807, 2.05) is 0 Å². The van der Waals surface area contributed by atoms with Gasteiger partial charge in [0.15, 0.2) is 0 Å². The minimum Gasteiger partial charge on any atom is -0.395 e. The molecule has 0 radical (unpaired) electrons. The lowest BCUT2D eigenvalue weighted by molar-refractivity contribution is 0.113. The second-order valence-electron chi connectivity index (χ2n) is 3.93. The Morgan fingerprint density at radius 3 is 2.79 bits per heavy atom. The molecule has 1 rings (SSSR count). The molecule has 0 fully saturated rings. The van der Waals surface area contributed by atoms with Gasteiger partial charge in [-0.2, -0.15) is 11.8 Å². The third-order valence-electron chi connectivity index (χ3n) is 2.31. The first-order valence-electron chi connectivity index (χ1n) is 5.92. The first-order chi connectivity index (χ1) is 9.17. The van der Waals surface area contributed by atoms with Crippen LogP contribution in [0.1, 0.15) is 17.5 Å². The van der Waals surface area contributed by atoms with Crippen molar-refractivity contribution < 1.29 is 19.7 Å². The van der Waals surface area contributed by atoms with Crippen molar-refractivity contribution in [3.8, 4) is 11.8 Å². The van der Waals surface area contributed by atoms with Crippen molar-refractivity contribution in [2.75, 3.05) is 19.0 Å². The lowest BCUT2D eigenvalue weighted by Crippen LogP contribution is -2.14. The first kappa shape index (κ1) is 16.0. The summed E-state index contributed by atoms with van der Waals surface area (Å²) in [6.07, 6.45) is -0.388. The molecule has 0 bridgehead atoms. The number of halogens is 1. The van der Waals surface area contributed by atoms with E-state index in [1.54, 1.807) is 6.07 Å². The van der Waals surface area contributed by atoms with Crippen molar-refractivity contribution in [3.63, 3.8) is 0 Å². The maximum atomic E-state index is 13.2. The van der Waals surface area contributed by atoms with Gasteiger partial charge in [-0.25, -0.2) is 4.39 Å². The Labute approximate surface area is 116 Å². The Morgan fingerprint density at radius 2 is 2.11 bits per heavy atom. The molecule has 5 heteroatoms. The van der Waals surface area contributed by atoms with Gasteiger partial charge in [-0.05, 0) is 17.7 Å². The van der Waals surface area contributed by atoms with E-state index in [9.17, 15) is 9.50 Å². The van der Waals surface area contributed by atoms with Crippen molar-refractivity contribution in [2.24, 2.45) is 0 Å². The Balaban J connectivity index is 2.69. The molecule has 0 heterocycles. The minimum atomic E-state index is -0.741. The van der Waals surface area contributed by atoms with E-state index < -0.39 is 6.10 Å². The highest BCUT2D eigenvalue weighted by atomic mass is 32.2. The van der Waals surface area contributed by atoms with E-state index in [1.165, 1.54) is 23.9 Å². The van der Waals surface area contributed by atoms with Crippen LogP contribution in [0.4, 0.5) is 4.39 Å². The third kappa shape index (κ3) is 6.08. The maximum absolute atomic E-state index is 13.2. The molecule has 3 nitrogen and oxygen atoms in total. The highest BCUT2D eigenvalue weighted by Crippen LogP contribution is 2.18. The summed E-state index contributed by atoms with van der Waals surface area (Å²) in [6.45, 7) is -0.283. The van der Waals surface area contributed by atoms with Crippen molar-refractivity contribution >= 4 is 11.8 Å². The molecular formula is C14H17FO3S. The zero-order valence-corrected chi connectivity index (χ0v) is 11.3. The van der Waals surface area contributed by atoms with E-state index in [4.69, 9.17) is 10.2 Å². The van der Waals surface area contributed by atoms with Gasteiger partial charge in [0.25, 0.3) is 0 Å². The number of rotatable bonds is 6. The molecule has 0 aromatic heterocycles. The number of benzene rings is 1. The molecule has 1 aromatic carbocycles. The molecule has 19 heavy (non-hydrogen) atoms. The fourth-order valence-electron chi connectivity index (χ4n) is 1.36. The van der Waals surface area contributed by atoms with E-state index in [0.29, 0.717) is 23.5 Å². The highest BCUT2D eigenvalue weighted by molar-refractivity contribution is 7.98. The van der Waals surface area contributed by atoms with E-state index >= 15 is 0 Å². The zero-order chi connectivity index (χ0) is 14.1. The Bertz CT molecular complexity index is 454. The van der Waals surface area contributed by atoms with Gasteiger partial charge in [-0.15, -0.1) is 0 Å². The molecule has 3 N–H and O–H groups in total. The van der Waals surface area contributed by atoms with Crippen LogP contribution in [-0.2, 0) is 5.75 Å². The van der Waals surface area contributed by atoms with E-state index in [0.717, 1.165) is 5.56 Å². The Kier molecular flexibility index (Phi) is 7.53. The topological polar surface area (TPSA) is 60.7 Å². The molecule has 0 spiro atoms.